The van der Waals surface area contributed by atoms with Crippen LogP contribution in [0.3, 0.4) is 0 Å². The van der Waals surface area contributed by atoms with Gasteiger partial charge in [-0.15, -0.1) is 5.10 Å². The van der Waals surface area contributed by atoms with Gasteiger partial charge in [-0.2, -0.15) is 8.99 Å². The Morgan fingerprint density at radius 3 is 2.44 bits per heavy atom. The van der Waals surface area contributed by atoms with Crippen molar-refractivity contribution in [2.24, 2.45) is 0 Å². The minimum Gasteiger partial charge on any atom is -0.445 e. The SMILES string of the molecule is CCOCCOC(=O)n1nc(NC(=O)c2ccc(N(C)CCN(C)C)cc2N[C@@H](C)COC)c2c1CCN(S(=O)(=O)c1cc(F)cc(F)c1)C2. The molecule has 0 saturated carbocycles. The molecule has 2 aromatic carbocycles. The third-order valence-corrected chi connectivity index (χ3v) is 9.77. The van der Waals surface area contributed by atoms with E-state index in [1.165, 1.54) is 0 Å². The second-order valence-electron chi connectivity index (χ2n) is 12.1. The quantitative estimate of drug-likeness (QED) is 0.209. The van der Waals surface area contributed by atoms with Crippen LogP contribution in [0.15, 0.2) is 41.3 Å². The van der Waals surface area contributed by atoms with E-state index < -0.39 is 38.6 Å². The average molecular weight is 722 g/mol. The molecular weight excluding hydrogens is 676 g/mol. The van der Waals surface area contributed by atoms with E-state index >= 15 is 0 Å². The summed E-state index contributed by atoms with van der Waals surface area (Å²) in [4.78, 5) is 30.6. The number of hydrogen-bond acceptors (Lipinski definition) is 11. The van der Waals surface area contributed by atoms with Crippen molar-refractivity contribution < 1.29 is 41.0 Å². The van der Waals surface area contributed by atoms with Gasteiger partial charge in [0.2, 0.25) is 10.0 Å². The number of carbonyl (C=O) groups excluding carboxylic acids is 2. The maximum absolute atomic E-state index is 14.0. The van der Waals surface area contributed by atoms with Crippen LogP contribution in [0.1, 0.15) is 35.5 Å². The number of halogens is 2. The fourth-order valence-electron chi connectivity index (χ4n) is 5.37. The maximum atomic E-state index is 14.0. The Hall–Kier alpha value is -4.16. The fourth-order valence-corrected chi connectivity index (χ4v) is 6.82. The zero-order chi connectivity index (χ0) is 36.6. The minimum absolute atomic E-state index is 0.00882. The number of hydrogen-bond donors (Lipinski definition) is 2. The van der Waals surface area contributed by atoms with E-state index in [-0.39, 0.29) is 55.7 Å². The summed E-state index contributed by atoms with van der Waals surface area (Å²) in [5, 5.41) is 10.4. The van der Waals surface area contributed by atoms with Crippen LogP contribution in [0.25, 0.3) is 0 Å². The van der Waals surface area contributed by atoms with E-state index in [1.807, 2.05) is 40.2 Å². The molecule has 1 atom stereocenters. The van der Waals surface area contributed by atoms with Crippen LogP contribution in [0.5, 0.6) is 0 Å². The normalized spacial score (nSPS) is 13.9. The lowest BCUT2D eigenvalue weighted by Gasteiger charge is -2.27. The number of nitrogens with one attached hydrogen (secondary N) is 2. The van der Waals surface area contributed by atoms with E-state index in [2.05, 4.69) is 25.5 Å². The van der Waals surface area contributed by atoms with E-state index in [0.717, 1.165) is 39.9 Å². The molecule has 14 nitrogen and oxygen atoms in total. The van der Waals surface area contributed by atoms with E-state index in [9.17, 15) is 26.8 Å². The number of ether oxygens (including phenoxy) is 3. The van der Waals surface area contributed by atoms with Crippen molar-refractivity contribution >= 4 is 39.2 Å². The summed E-state index contributed by atoms with van der Waals surface area (Å²) in [6, 6.07) is 7.21. The van der Waals surface area contributed by atoms with Crippen LogP contribution in [-0.2, 0) is 37.2 Å². The molecule has 0 radical (unpaired) electrons. The number of benzene rings is 2. The van der Waals surface area contributed by atoms with Gasteiger partial charge in [0, 0.05) is 82.4 Å². The van der Waals surface area contributed by atoms with Gasteiger partial charge in [0.1, 0.15) is 18.2 Å². The zero-order valence-corrected chi connectivity index (χ0v) is 30.0. The summed E-state index contributed by atoms with van der Waals surface area (Å²) < 4.78 is 72.9. The average Bonchev–Trinajstić information content (AvgIpc) is 3.42. The summed E-state index contributed by atoms with van der Waals surface area (Å²) in [5.74, 6) is -2.74. The summed E-state index contributed by atoms with van der Waals surface area (Å²) in [6.45, 7) is 5.67. The molecule has 1 aromatic heterocycles. The Kier molecular flexibility index (Phi) is 13.3. The van der Waals surface area contributed by atoms with E-state index in [4.69, 9.17) is 14.2 Å². The molecule has 2 heterocycles. The van der Waals surface area contributed by atoms with Crippen molar-refractivity contribution in [3.8, 4) is 0 Å². The highest BCUT2D eigenvalue weighted by Gasteiger charge is 2.35. The molecular formula is C33H45F2N7O7S. The molecule has 2 N–H and O–H groups in total. The Labute approximate surface area is 291 Å². The monoisotopic (exact) mass is 721 g/mol. The first-order valence-corrected chi connectivity index (χ1v) is 17.6. The number of aromatic nitrogens is 2. The molecule has 0 saturated heterocycles. The van der Waals surface area contributed by atoms with Crippen molar-refractivity contribution in [3.05, 3.63) is 64.9 Å². The van der Waals surface area contributed by atoms with Gasteiger partial charge in [-0.3, -0.25) is 4.79 Å². The summed E-state index contributed by atoms with van der Waals surface area (Å²) >= 11 is 0. The molecule has 0 fully saturated rings. The highest BCUT2D eigenvalue weighted by atomic mass is 32.2. The van der Waals surface area contributed by atoms with E-state index in [0.29, 0.717) is 30.7 Å². The van der Waals surface area contributed by atoms with Gasteiger partial charge in [-0.1, -0.05) is 0 Å². The molecule has 0 aliphatic carbocycles. The molecule has 50 heavy (non-hydrogen) atoms. The first kappa shape index (κ1) is 38.6. The van der Waals surface area contributed by atoms with Crippen LogP contribution in [0, 0.1) is 11.6 Å². The highest BCUT2D eigenvalue weighted by Crippen LogP contribution is 2.32. The van der Waals surface area contributed by atoms with Crippen LogP contribution in [0.4, 0.5) is 30.8 Å². The lowest BCUT2D eigenvalue weighted by molar-refractivity contribution is 0.0777. The molecule has 0 bridgehead atoms. The molecule has 0 unspecified atom stereocenters. The summed E-state index contributed by atoms with van der Waals surface area (Å²) in [6.07, 6.45) is -0.851. The van der Waals surface area contributed by atoms with Crippen molar-refractivity contribution in [2.75, 3.05) is 89.8 Å². The van der Waals surface area contributed by atoms with Gasteiger partial charge >= 0.3 is 6.09 Å². The Morgan fingerprint density at radius 2 is 1.78 bits per heavy atom. The fraction of sp³-hybridized carbons (Fsp3) is 0.485. The Bertz CT molecular complexity index is 1750. The first-order valence-electron chi connectivity index (χ1n) is 16.1. The number of carbonyl (C=O) groups is 2. The molecule has 3 aromatic rings. The van der Waals surface area contributed by atoms with Crippen molar-refractivity contribution in [2.45, 2.75) is 37.8 Å². The molecule has 1 amide bonds. The molecule has 4 rings (SSSR count). The van der Waals surface area contributed by atoms with Crippen LogP contribution < -0.4 is 15.5 Å². The highest BCUT2D eigenvalue weighted by molar-refractivity contribution is 7.89. The van der Waals surface area contributed by atoms with Gasteiger partial charge in [-0.05, 0) is 58.3 Å². The van der Waals surface area contributed by atoms with Crippen molar-refractivity contribution in [1.29, 1.82) is 0 Å². The van der Waals surface area contributed by atoms with Crippen LogP contribution in [-0.4, -0.2) is 120 Å². The zero-order valence-electron chi connectivity index (χ0n) is 29.2. The van der Waals surface area contributed by atoms with Gasteiger partial charge in [0.25, 0.3) is 5.91 Å². The largest absolute Gasteiger partial charge is 0.445 e. The molecule has 17 heteroatoms. The van der Waals surface area contributed by atoms with Crippen molar-refractivity contribution in [1.82, 2.24) is 19.0 Å². The molecule has 1 aliphatic heterocycles. The van der Waals surface area contributed by atoms with Gasteiger partial charge in [0.15, 0.2) is 5.82 Å². The molecule has 274 valence electrons. The number of nitrogens with zero attached hydrogens (tertiary/aromatic N) is 5. The number of methoxy groups -OCH3 is 1. The Balaban J connectivity index is 1.70. The smallest absolute Gasteiger partial charge is 0.435 e. The Morgan fingerprint density at radius 1 is 1.06 bits per heavy atom. The predicted octanol–water partition coefficient (Wildman–Crippen LogP) is 3.63. The predicted molar refractivity (Wildman–Crippen MR) is 184 cm³/mol. The maximum Gasteiger partial charge on any atom is 0.435 e. The number of sulfonamides is 1. The third kappa shape index (κ3) is 9.54. The third-order valence-electron chi connectivity index (χ3n) is 7.95. The van der Waals surface area contributed by atoms with Gasteiger partial charge < -0.3 is 34.6 Å². The van der Waals surface area contributed by atoms with Gasteiger partial charge in [-0.25, -0.2) is 22.0 Å². The topological polar surface area (TPSA) is 148 Å². The van der Waals surface area contributed by atoms with Crippen LogP contribution in [0.2, 0.25) is 0 Å². The number of amides is 1. The van der Waals surface area contributed by atoms with Crippen LogP contribution >= 0.6 is 0 Å². The second-order valence-corrected chi connectivity index (χ2v) is 14.0. The lowest BCUT2D eigenvalue weighted by Crippen LogP contribution is -2.37. The number of likely N-dealkylation sites (N-methyl/N-ethyl adjacent to an activating group) is 2. The molecule has 1 aliphatic rings. The second kappa shape index (κ2) is 17.2. The first-order chi connectivity index (χ1) is 23.7. The number of rotatable bonds is 16. The van der Waals surface area contributed by atoms with E-state index in [1.54, 1.807) is 20.1 Å². The molecule has 0 spiro atoms. The van der Waals surface area contributed by atoms with Gasteiger partial charge in [0.05, 0.1) is 29.4 Å². The van der Waals surface area contributed by atoms with Crippen molar-refractivity contribution in [3.63, 3.8) is 0 Å². The minimum atomic E-state index is -4.39. The summed E-state index contributed by atoms with van der Waals surface area (Å²) in [7, 11) is 3.11. The number of fused-ring (bicyclic) bond motifs is 1. The summed E-state index contributed by atoms with van der Waals surface area (Å²) in [5.41, 5.74) is 2.19. The lowest BCUT2D eigenvalue weighted by atomic mass is 10.1. The standard InChI is InChI=1S/C33H45F2N7O7S/c1-7-48-14-15-49-33(44)42-30-10-11-41(50(45,46)26-17-23(34)16-24(35)18-26)20-28(30)31(38-42)37-32(43)27-9-8-25(40(5)13-12-39(3)4)19-29(27)36-22(2)21-47-6/h8-9,16-19,22,36H,7,10-15,20-21H2,1-6H3,(H,37,38,43)/t22-/m0/s1. The number of anilines is 3.